The minimum absolute atomic E-state index is 0.0647. The van der Waals surface area contributed by atoms with Gasteiger partial charge in [0.05, 0.1) is 22.8 Å². The average molecular weight is 386 g/mol. The zero-order valence-electron chi connectivity index (χ0n) is 12.8. The van der Waals surface area contributed by atoms with Crippen molar-refractivity contribution >= 4 is 46.8 Å². The fraction of sp³-hybridized carbons (Fsp3) is 0.0588. The van der Waals surface area contributed by atoms with Gasteiger partial charge in [-0.2, -0.15) is 0 Å². The zero-order valence-corrected chi connectivity index (χ0v) is 14.3. The van der Waals surface area contributed by atoms with Crippen LogP contribution >= 0.6 is 23.2 Å². The van der Waals surface area contributed by atoms with Gasteiger partial charge in [0.1, 0.15) is 23.0 Å². The molecule has 4 nitrogen and oxygen atoms in total. The standard InChI is InChI=1S/C17H11Cl2F2NO3/c1-25-17(24)10(8-22-15-5-3-2-4-13(15)20)16(23)9-6-14(21)12(19)7-11(9)18/h2-8,23H,1H3. The quantitative estimate of drug-likeness (QED) is 0.261. The summed E-state index contributed by atoms with van der Waals surface area (Å²) in [6.07, 6.45) is 0.905. The summed E-state index contributed by atoms with van der Waals surface area (Å²) >= 11 is 11.5. The first kappa shape index (κ1) is 18.9. The SMILES string of the molecule is COC(=O)C(C=Nc1ccccc1F)=C(O)c1cc(F)c(Cl)cc1Cl. The van der Waals surface area contributed by atoms with Crippen molar-refractivity contribution in [3.8, 4) is 0 Å². The summed E-state index contributed by atoms with van der Waals surface area (Å²) in [4.78, 5) is 15.7. The molecule has 0 spiro atoms. The number of carbonyl (C=O) groups is 1. The Morgan fingerprint density at radius 2 is 1.84 bits per heavy atom. The van der Waals surface area contributed by atoms with Crippen molar-refractivity contribution in [2.75, 3.05) is 7.11 Å². The van der Waals surface area contributed by atoms with Crippen LogP contribution in [0.1, 0.15) is 5.56 Å². The van der Waals surface area contributed by atoms with E-state index in [0.29, 0.717) is 0 Å². The molecule has 1 N–H and O–H groups in total. The summed E-state index contributed by atoms with van der Waals surface area (Å²) in [5, 5.41) is 9.98. The third-order valence-corrected chi connectivity index (χ3v) is 3.71. The van der Waals surface area contributed by atoms with Gasteiger partial charge in [-0.3, -0.25) is 4.99 Å². The van der Waals surface area contributed by atoms with E-state index in [4.69, 9.17) is 23.2 Å². The Morgan fingerprint density at radius 3 is 2.48 bits per heavy atom. The Bertz CT molecular complexity index is 882. The molecule has 0 aliphatic heterocycles. The third kappa shape index (κ3) is 4.35. The van der Waals surface area contributed by atoms with Crippen molar-refractivity contribution in [1.82, 2.24) is 0 Å². The van der Waals surface area contributed by atoms with Crippen LogP contribution in [0.15, 0.2) is 47.0 Å². The summed E-state index contributed by atoms with van der Waals surface area (Å²) in [5.74, 6) is -3.13. The summed E-state index contributed by atoms with van der Waals surface area (Å²) in [5.41, 5.74) is -0.691. The van der Waals surface area contributed by atoms with Crippen molar-refractivity contribution in [2.45, 2.75) is 0 Å². The average Bonchev–Trinajstić information content (AvgIpc) is 2.59. The minimum atomic E-state index is -0.969. The topological polar surface area (TPSA) is 58.9 Å². The molecule has 2 rings (SSSR count). The number of nitrogens with zero attached hydrogens (tertiary/aromatic N) is 1. The van der Waals surface area contributed by atoms with E-state index in [1.165, 1.54) is 18.2 Å². The molecule has 0 saturated carbocycles. The number of methoxy groups -OCH3 is 1. The minimum Gasteiger partial charge on any atom is -0.506 e. The van der Waals surface area contributed by atoms with Crippen LogP contribution in [0.3, 0.4) is 0 Å². The Morgan fingerprint density at radius 1 is 1.16 bits per heavy atom. The van der Waals surface area contributed by atoms with Crippen molar-refractivity contribution in [3.05, 3.63) is 69.2 Å². The number of aliphatic hydroxyl groups excluding tert-OH is 1. The van der Waals surface area contributed by atoms with E-state index in [9.17, 15) is 18.7 Å². The molecule has 0 aliphatic carbocycles. The first-order valence-electron chi connectivity index (χ1n) is 6.80. The number of ether oxygens (including phenoxy) is 1. The Hall–Kier alpha value is -2.44. The number of aliphatic hydroxyl groups is 1. The molecule has 25 heavy (non-hydrogen) atoms. The predicted molar refractivity (Wildman–Crippen MR) is 92.5 cm³/mol. The van der Waals surface area contributed by atoms with Crippen LogP contribution in [0.4, 0.5) is 14.5 Å². The second-order valence-corrected chi connectivity index (χ2v) is 5.52. The van der Waals surface area contributed by atoms with Crippen LogP contribution in [-0.2, 0) is 9.53 Å². The van der Waals surface area contributed by atoms with Gasteiger partial charge >= 0.3 is 5.97 Å². The van der Waals surface area contributed by atoms with Crippen molar-refractivity contribution < 1.29 is 23.4 Å². The number of halogens is 4. The van der Waals surface area contributed by atoms with Crippen LogP contribution in [0, 0.1) is 11.6 Å². The highest BCUT2D eigenvalue weighted by Crippen LogP contribution is 2.30. The first-order valence-corrected chi connectivity index (χ1v) is 7.55. The number of rotatable bonds is 4. The number of benzene rings is 2. The molecule has 0 radical (unpaired) electrons. The van der Waals surface area contributed by atoms with E-state index in [1.54, 1.807) is 6.07 Å². The van der Waals surface area contributed by atoms with Gasteiger partial charge in [0.15, 0.2) is 0 Å². The van der Waals surface area contributed by atoms with Crippen LogP contribution in [-0.4, -0.2) is 24.4 Å². The fourth-order valence-electron chi connectivity index (χ4n) is 1.86. The monoisotopic (exact) mass is 385 g/mol. The van der Waals surface area contributed by atoms with Gasteiger partial charge in [-0.1, -0.05) is 35.3 Å². The number of esters is 1. The number of aliphatic imine (C=N–C) groups is 1. The van der Waals surface area contributed by atoms with E-state index in [-0.39, 0.29) is 21.3 Å². The highest BCUT2D eigenvalue weighted by Gasteiger charge is 2.19. The maximum Gasteiger partial charge on any atom is 0.343 e. The second-order valence-electron chi connectivity index (χ2n) is 4.71. The van der Waals surface area contributed by atoms with E-state index in [2.05, 4.69) is 9.73 Å². The van der Waals surface area contributed by atoms with Crippen LogP contribution < -0.4 is 0 Å². The largest absolute Gasteiger partial charge is 0.506 e. The second kappa shape index (κ2) is 8.09. The van der Waals surface area contributed by atoms with Crippen LogP contribution in [0.25, 0.3) is 5.76 Å². The van der Waals surface area contributed by atoms with E-state index < -0.39 is 28.9 Å². The first-order chi connectivity index (χ1) is 11.8. The number of para-hydroxylation sites is 1. The zero-order chi connectivity index (χ0) is 18.6. The van der Waals surface area contributed by atoms with Gasteiger partial charge in [-0.05, 0) is 24.3 Å². The molecule has 130 valence electrons. The molecule has 0 aromatic heterocycles. The Balaban J connectivity index is 2.57. The molecule has 0 aliphatic rings. The van der Waals surface area contributed by atoms with Crippen LogP contribution in [0.5, 0.6) is 0 Å². The third-order valence-electron chi connectivity index (χ3n) is 3.11. The summed E-state index contributed by atoms with van der Waals surface area (Å²) in [7, 11) is 1.08. The molecule has 0 bridgehead atoms. The van der Waals surface area contributed by atoms with Gasteiger partial charge in [0, 0.05) is 11.8 Å². The maximum atomic E-state index is 13.6. The number of hydrogen-bond acceptors (Lipinski definition) is 4. The lowest BCUT2D eigenvalue weighted by molar-refractivity contribution is -0.135. The molecule has 0 atom stereocenters. The van der Waals surface area contributed by atoms with Gasteiger partial charge < -0.3 is 9.84 Å². The Kier molecular flexibility index (Phi) is 6.12. The lowest BCUT2D eigenvalue weighted by Gasteiger charge is -2.08. The Labute approximate surface area is 152 Å². The van der Waals surface area contributed by atoms with Crippen LogP contribution in [0.2, 0.25) is 10.0 Å². The predicted octanol–water partition coefficient (Wildman–Crippen LogP) is 5.12. The molecule has 0 unspecified atom stereocenters. The summed E-state index contributed by atoms with van der Waals surface area (Å²) in [6.45, 7) is 0. The molecule has 0 fully saturated rings. The lowest BCUT2D eigenvalue weighted by atomic mass is 10.1. The van der Waals surface area contributed by atoms with E-state index in [1.807, 2.05) is 0 Å². The molecule has 2 aromatic rings. The van der Waals surface area contributed by atoms with Gasteiger partial charge in [0.2, 0.25) is 0 Å². The molecular formula is C17H11Cl2F2NO3. The van der Waals surface area contributed by atoms with Crippen molar-refractivity contribution in [1.29, 1.82) is 0 Å². The normalized spacial score (nSPS) is 12.2. The van der Waals surface area contributed by atoms with Gasteiger partial charge in [0.25, 0.3) is 0 Å². The maximum absolute atomic E-state index is 13.6. The van der Waals surface area contributed by atoms with E-state index >= 15 is 0 Å². The lowest BCUT2D eigenvalue weighted by Crippen LogP contribution is -2.09. The van der Waals surface area contributed by atoms with Gasteiger partial charge in [-0.25, -0.2) is 13.6 Å². The molecule has 8 heteroatoms. The van der Waals surface area contributed by atoms with Crippen molar-refractivity contribution in [2.24, 2.45) is 4.99 Å². The fourth-order valence-corrected chi connectivity index (χ4v) is 2.33. The van der Waals surface area contributed by atoms with E-state index in [0.717, 1.165) is 25.5 Å². The van der Waals surface area contributed by atoms with Crippen molar-refractivity contribution in [3.63, 3.8) is 0 Å². The molecular weight excluding hydrogens is 375 g/mol. The molecule has 0 heterocycles. The molecule has 0 amide bonds. The smallest absolute Gasteiger partial charge is 0.343 e. The highest BCUT2D eigenvalue weighted by molar-refractivity contribution is 6.36. The molecule has 2 aromatic carbocycles. The van der Waals surface area contributed by atoms with Gasteiger partial charge in [-0.15, -0.1) is 0 Å². The summed E-state index contributed by atoms with van der Waals surface area (Å²) < 4.78 is 31.8. The summed E-state index contributed by atoms with van der Waals surface area (Å²) in [6, 6.07) is 7.50. The number of carbonyl (C=O) groups excluding carboxylic acids is 1. The number of hydrogen-bond donors (Lipinski definition) is 1. The molecule has 0 saturated heterocycles. The highest BCUT2D eigenvalue weighted by atomic mass is 35.5.